The summed E-state index contributed by atoms with van der Waals surface area (Å²) in [5.41, 5.74) is 5.22. The first kappa shape index (κ1) is 19.1. The lowest BCUT2D eigenvalue weighted by molar-refractivity contribution is 0.0503. The predicted molar refractivity (Wildman–Crippen MR) is 116 cm³/mol. The first-order valence-electron chi connectivity index (χ1n) is 10.3. The molecule has 0 unspecified atom stereocenters. The molecule has 0 bridgehead atoms. The number of esters is 1. The molecule has 31 heavy (non-hydrogen) atoms. The maximum absolute atomic E-state index is 13.0. The van der Waals surface area contributed by atoms with Gasteiger partial charge in [-0.15, -0.1) is 0 Å². The van der Waals surface area contributed by atoms with Crippen LogP contribution in [0.1, 0.15) is 46.4 Å². The topological polar surface area (TPSA) is 81.4 Å². The quantitative estimate of drug-likeness (QED) is 0.437. The van der Waals surface area contributed by atoms with E-state index in [1.54, 1.807) is 0 Å². The van der Waals surface area contributed by atoms with Crippen molar-refractivity contribution in [2.24, 2.45) is 0 Å². The lowest BCUT2D eigenvalue weighted by Crippen LogP contribution is -2.11. The van der Waals surface area contributed by atoms with Gasteiger partial charge in [-0.2, -0.15) is 5.26 Å². The van der Waals surface area contributed by atoms with E-state index in [1.165, 1.54) is 0 Å². The van der Waals surface area contributed by atoms with E-state index in [9.17, 15) is 4.79 Å². The van der Waals surface area contributed by atoms with Crippen LogP contribution in [0.4, 0.5) is 0 Å². The monoisotopic (exact) mass is 412 g/mol. The Balaban J connectivity index is 1.54. The van der Waals surface area contributed by atoms with Gasteiger partial charge in [0.2, 0.25) is 6.79 Å². The average molecular weight is 412 g/mol. The van der Waals surface area contributed by atoms with E-state index in [0.717, 1.165) is 57.6 Å². The molecule has 1 aliphatic heterocycles. The number of aromatic nitrogens is 1. The van der Waals surface area contributed by atoms with Gasteiger partial charge in [0.15, 0.2) is 11.5 Å². The number of rotatable bonds is 5. The molecule has 6 nitrogen and oxygen atoms in total. The van der Waals surface area contributed by atoms with Crippen LogP contribution < -0.4 is 9.47 Å². The van der Waals surface area contributed by atoms with Gasteiger partial charge in [-0.05, 0) is 60.2 Å². The predicted octanol–water partition coefficient (Wildman–Crippen LogP) is 4.91. The molecule has 1 aliphatic carbocycles. The fourth-order valence-corrected chi connectivity index (χ4v) is 4.10. The number of pyridine rings is 1. The number of allylic oxidation sites excluding steroid dienone is 1. The summed E-state index contributed by atoms with van der Waals surface area (Å²) in [6.45, 7) is 0.475. The van der Waals surface area contributed by atoms with Crippen LogP contribution in [0.15, 0.2) is 42.5 Å². The highest BCUT2D eigenvalue weighted by atomic mass is 16.7. The lowest BCUT2D eigenvalue weighted by atomic mass is 10.0. The summed E-state index contributed by atoms with van der Waals surface area (Å²) in [7, 11) is 0. The van der Waals surface area contributed by atoms with Crippen LogP contribution in [0.3, 0.4) is 0 Å². The van der Waals surface area contributed by atoms with Crippen molar-refractivity contribution in [1.29, 1.82) is 5.26 Å². The number of benzene rings is 2. The second-order valence-electron chi connectivity index (χ2n) is 7.51. The minimum Gasteiger partial charge on any atom is -0.462 e. The number of ether oxygens (including phenoxy) is 3. The summed E-state index contributed by atoms with van der Waals surface area (Å²) in [5.74, 6) is 1.14. The van der Waals surface area contributed by atoms with Crippen molar-refractivity contribution in [3.63, 3.8) is 0 Å². The van der Waals surface area contributed by atoms with Gasteiger partial charge >= 0.3 is 5.97 Å². The molecule has 0 atom stereocenters. The summed E-state index contributed by atoms with van der Waals surface area (Å²) in [6, 6.07) is 15.6. The molecule has 2 aromatic carbocycles. The van der Waals surface area contributed by atoms with E-state index in [4.69, 9.17) is 24.5 Å². The van der Waals surface area contributed by atoms with Crippen molar-refractivity contribution >= 4 is 28.5 Å². The molecule has 0 amide bonds. The molecule has 0 saturated carbocycles. The van der Waals surface area contributed by atoms with Gasteiger partial charge in [-0.1, -0.05) is 24.3 Å². The Hall–Kier alpha value is -3.85. The summed E-state index contributed by atoms with van der Waals surface area (Å²) < 4.78 is 16.4. The molecular weight excluding hydrogens is 392 g/mol. The summed E-state index contributed by atoms with van der Waals surface area (Å²) in [6.07, 6.45) is 4.51. The number of nitriles is 1. The van der Waals surface area contributed by atoms with E-state index in [2.05, 4.69) is 12.1 Å². The summed E-state index contributed by atoms with van der Waals surface area (Å²) in [4.78, 5) is 17.9. The van der Waals surface area contributed by atoms with E-state index >= 15 is 0 Å². The number of fused-ring (bicyclic) bond motifs is 3. The molecule has 5 rings (SSSR count). The first-order valence-corrected chi connectivity index (χ1v) is 10.3. The van der Waals surface area contributed by atoms with Crippen molar-refractivity contribution < 1.29 is 19.0 Å². The van der Waals surface area contributed by atoms with E-state index in [0.29, 0.717) is 18.4 Å². The van der Waals surface area contributed by atoms with Gasteiger partial charge in [0, 0.05) is 11.8 Å². The minimum atomic E-state index is -0.350. The highest BCUT2D eigenvalue weighted by Gasteiger charge is 2.27. The molecule has 2 aliphatic rings. The SMILES string of the molecule is N#CCCCOC(=O)c1c2c(nc3ccccc13)/C(=C/c1ccc3c(c1)OCO3)CC2. The third-order valence-corrected chi connectivity index (χ3v) is 5.55. The third kappa shape index (κ3) is 3.59. The van der Waals surface area contributed by atoms with Crippen LogP contribution in [0.5, 0.6) is 11.5 Å². The van der Waals surface area contributed by atoms with Crippen LogP contribution in [0.25, 0.3) is 22.6 Å². The smallest absolute Gasteiger partial charge is 0.339 e. The van der Waals surface area contributed by atoms with Gasteiger partial charge in [-0.3, -0.25) is 0 Å². The average Bonchev–Trinajstić information content (AvgIpc) is 3.41. The van der Waals surface area contributed by atoms with Crippen LogP contribution in [-0.4, -0.2) is 24.4 Å². The highest BCUT2D eigenvalue weighted by molar-refractivity contribution is 6.07. The Morgan fingerprint density at radius 1 is 1.16 bits per heavy atom. The Kier molecular flexibility index (Phi) is 5.01. The normalized spacial score (nSPS) is 15.1. The van der Waals surface area contributed by atoms with E-state index < -0.39 is 0 Å². The standard InChI is InChI=1S/C25H20N2O4/c26-11-3-4-12-29-25(28)23-18-5-1-2-6-20(18)27-24-17(8-9-19(23)24)13-16-7-10-21-22(14-16)31-15-30-21/h1-2,5-7,10,13-14H,3-4,8-9,12,15H2/b17-13+. The van der Waals surface area contributed by atoms with Gasteiger partial charge in [-0.25, -0.2) is 9.78 Å². The second-order valence-corrected chi connectivity index (χ2v) is 7.51. The molecule has 0 radical (unpaired) electrons. The Morgan fingerprint density at radius 3 is 2.94 bits per heavy atom. The lowest BCUT2D eigenvalue weighted by Gasteiger charge is -2.12. The van der Waals surface area contributed by atoms with Crippen LogP contribution in [0.2, 0.25) is 0 Å². The van der Waals surface area contributed by atoms with Crippen LogP contribution in [0, 0.1) is 11.3 Å². The van der Waals surface area contributed by atoms with Gasteiger partial charge < -0.3 is 14.2 Å². The molecule has 0 fully saturated rings. The number of carbonyl (C=O) groups is 1. The number of carbonyl (C=O) groups excluding carboxylic acids is 1. The minimum absolute atomic E-state index is 0.234. The Bertz CT molecular complexity index is 1260. The van der Waals surface area contributed by atoms with E-state index in [1.807, 2.05) is 42.5 Å². The van der Waals surface area contributed by atoms with E-state index in [-0.39, 0.29) is 19.4 Å². The first-order chi connectivity index (χ1) is 15.2. The molecule has 0 N–H and O–H groups in total. The highest BCUT2D eigenvalue weighted by Crippen LogP contribution is 2.39. The number of hydrogen-bond donors (Lipinski definition) is 0. The van der Waals surface area contributed by atoms with Crippen LogP contribution >= 0.6 is 0 Å². The molecule has 1 aromatic heterocycles. The number of unbranched alkanes of at least 4 members (excludes halogenated alkanes) is 1. The Morgan fingerprint density at radius 2 is 2.03 bits per heavy atom. The molecule has 6 heteroatoms. The molecule has 154 valence electrons. The van der Waals surface area contributed by atoms with Gasteiger partial charge in [0.25, 0.3) is 0 Å². The number of para-hydroxylation sites is 1. The molecule has 0 spiro atoms. The summed E-state index contributed by atoms with van der Waals surface area (Å²) in [5, 5.41) is 9.50. The zero-order valence-electron chi connectivity index (χ0n) is 16.9. The zero-order chi connectivity index (χ0) is 21.2. The fourth-order valence-electron chi connectivity index (χ4n) is 4.10. The van der Waals surface area contributed by atoms with Crippen molar-refractivity contribution in [2.45, 2.75) is 25.7 Å². The molecule has 2 heterocycles. The van der Waals surface area contributed by atoms with Crippen molar-refractivity contribution in [3.8, 4) is 17.6 Å². The molecular formula is C25H20N2O4. The Labute approximate surface area is 179 Å². The largest absolute Gasteiger partial charge is 0.462 e. The second kappa shape index (κ2) is 8.11. The summed E-state index contributed by atoms with van der Waals surface area (Å²) >= 11 is 0. The molecule has 3 aromatic rings. The molecule has 0 saturated heterocycles. The third-order valence-electron chi connectivity index (χ3n) is 5.55. The van der Waals surface area contributed by atoms with Crippen molar-refractivity contribution in [2.75, 3.05) is 13.4 Å². The van der Waals surface area contributed by atoms with Crippen molar-refractivity contribution in [1.82, 2.24) is 4.98 Å². The van der Waals surface area contributed by atoms with Gasteiger partial charge in [0.05, 0.1) is 29.5 Å². The van der Waals surface area contributed by atoms with Gasteiger partial charge in [0.1, 0.15) is 0 Å². The maximum atomic E-state index is 13.0. The zero-order valence-corrected chi connectivity index (χ0v) is 16.9. The fraction of sp³-hybridized carbons (Fsp3) is 0.240. The maximum Gasteiger partial charge on any atom is 0.339 e. The number of nitrogens with zero attached hydrogens (tertiary/aromatic N) is 2. The van der Waals surface area contributed by atoms with Crippen LogP contribution in [-0.2, 0) is 11.2 Å². The number of hydrogen-bond acceptors (Lipinski definition) is 6. The van der Waals surface area contributed by atoms with Crippen molar-refractivity contribution in [3.05, 3.63) is 64.8 Å².